The number of methoxy groups -OCH3 is 1. The van der Waals surface area contributed by atoms with Crippen molar-refractivity contribution in [2.24, 2.45) is 0 Å². The summed E-state index contributed by atoms with van der Waals surface area (Å²) in [6, 6.07) is 12.0. The highest BCUT2D eigenvalue weighted by Gasteiger charge is 2.42. The van der Waals surface area contributed by atoms with Crippen LogP contribution in [0.3, 0.4) is 0 Å². The molecule has 0 radical (unpaired) electrons. The van der Waals surface area contributed by atoms with E-state index in [1.807, 2.05) is 24.3 Å². The van der Waals surface area contributed by atoms with Gasteiger partial charge in [0.15, 0.2) is 23.1 Å². The second kappa shape index (κ2) is 9.41. The molecule has 5 nitrogen and oxygen atoms in total. The van der Waals surface area contributed by atoms with Gasteiger partial charge in [0.05, 0.1) is 11.6 Å². The van der Waals surface area contributed by atoms with Gasteiger partial charge in [-0.1, -0.05) is 29.8 Å². The molecule has 0 spiro atoms. The van der Waals surface area contributed by atoms with Crippen molar-refractivity contribution in [1.29, 1.82) is 0 Å². The van der Waals surface area contributed by atoms with Crippen molar-refractivity contribution in [3.8, 4) is 11.5 Å². The Labute approximate surface area is 207 Å². The highest BCUT2D eigenvalue weighted by atomic mass is 79.9. The average Bonchev–Trinajstić information content (AvgIpc) is 2.83. The number of hydrogen-bond donors (Lipinski definition) is 0. The van der Waals surface area contributed by atoms with Gasteiger partial charge in [0.2, 0.25) is 0 Å². The predicted octanol–water partition coefficient (Wildman–Crippen LogP) is 6.47. The van der Waals surface area contributed by atoms with Gasteiger partial charge >= 0.3 is 0 Å². The minimum absolute atomic E-state index is 0.0611. The monoisotopic (exact) mass is 522 g/mol. The number of carbonyl (C=O) groups excluding carboxylic acids is 2. The molecule has 0 unspecified atom stereocenters. The molecule has 0 fully saturated rings. The number of hydrogen-bond acceptors (Lipinski definition) is 5. The molecule has 5 rings (SSSR count). The van der Waals surface area contributed by atoms with Crippen LogP contribution in [0.15, 0.2) is 63.5 Å². The number of benzene rings is 2. The van der Waals surface area contributed by atoms with Gasteiger partial charge in [0.25, 0.3) is 0 Å². The van der Waals surface area contributed by atoms with Crippen molar-refractivity contribution in [1.82, 2.24) is 0 Å². The lowest BCUT2D eigenvalue weighted by molar-refractivity contribution is -0.117. The van der Waals surface area contributed by atoms with E-state index in [1.165, 1.54) is 5.56 Å². The lowest BCUT2D eigenvalue weighted by Crippen LogP contribution is -2.30. The lowest BCUT2D eigenvalue weighted by Gasteiger charge is -2.36. The summed E-state index contributed by atoms with van der Waals surface area (Å²) >= 11 is 3.66. The van der Waals surface area contributed by atoms with E-state index >= 15 is 0 Å². The molecule has 2 aromatic rings. The summed E-state index contributed by atoms with van der Waals surface area (Å²) < 4.78 is 18.7. The second-order valence-corrected chi connectivity index (χ2v) is 9.92. The van der Waals surface area contributed by atoms with Crippen molar-refractivity contribution >= 4 is 27.5 Å². The normalized spacial score (nSPS) is 18.4. The van der Waals surface area contributed by atoms with Crippen LogP contribution in [-0.2, 0) is 20.9 Å². The lowest BCUT2D eigenvalue weighted by atomic mass is 9.73. The number of Topliss-reactive ketones (excluding diaryl/α,β-unsaturated/α-hetero) is 2. The van der Waals surface area contributed by atoms with E-state index in [4.69, 9.17) is 14.2 Å². The summed E-state index contributed by atoms with van der Waals surface area (Å²) in [4.78, 5) is 26.1. The fourth-order valence-electron chi connectivity index (χ4n) is 5.04. The highest BCUT2D eigenvalue weighted by molar-refractivity contribution is 9.10. The Hall–Kier alpha value is -2.86. The zero-order chi connectivity index (χ0) is 23.8. The summed E-state index contributed by atoms with van der Waals surface area (Å²) in [7, 11) is 1.60. The van der Waals surface area contributed by atoms with E-state index in [2.05, 4.69) is 35.0 Å². The standard InChI is InChI=1S/C28H27BrO5/c1-16-9-11-17(12-10-16)15-33-28-19(29)13-18(14-24(28)32-2)25-26-20(30)5-3-7-22(26)34-23-8-4-6-21(31)27(23)25/h9-14,25H,3-8,15H2,1-2H3. The maximum absolute atomic E-state index is 13.0. The number of rotatable bonds is 5. The minimum Gasteiger partial charge on any atom is -0.493 e. The topological polar surface area (TPSA) is 61.8 Å². The zero-order valence-corrected chi connectivity index (χ0v) is 21.0. The molecule has 1 heterocycles. The fraction of sp³-hybridized carbons (Fsp3) is 0.357. The van der Waals surface area contributed by atoms with Crippen LogP contribution in [0.1, 0.15) is 61.1 Å². The average molecular weight is 523 g/mol. The third-order valence-electron chi connectivity index (χ3n) is 6.73. The summed E-state index contributed by atoms with van der Waals surface area (Å²) in [5, 5.41) is 0. The Kier molecular flexibility index (Phi) is 6.34. The van der Waals surface area contributed by atoms with Crippen molar-refractivity contribution in [3.63, 3.8) is 0 Å². The van der Waals surface area contributed by atoms with E-state index in [0.29, 0.717) is 42.1 Å². The van der Waals surface area contributed by atoms with Gasteiger partial charge in [-0.15, -0.1) is 0 Å². The van der Waals surface area contributed by atoms with Gasteiger partial charge in [-0.25, -0.2) is 0 Å². The molecule has 0 saturated heterocycles. The molecule has 2 aromatic carbocycles. The Bertz CT molecular complexity index is 1180. The fourth-order valence-corrected chi connectivity index (χ4v) is 5.61. The molecule has 2 aliphatic carbocycles. The van der Waals surface area contributed by atoms with Gasteiger partial charge in [-0.3, -0.25) is 9.59 Å². The van der Waals surface area contributed by atoms with Crippen LogP contribution >= 0.6 is 15.9 Å². The maximum Gasteiger partial charge on any atom is 0.175 e. The molecule has 1 aliphatic heterocycles. The first-order valence-corrected chi connectivity index (χ1v) is 12.5. The van der Waals surface area contributed by atoms with Crippen LogP contribution in [0, 0.1) is 6.92 Å². The van der Waals surface area contributed by atoms with Crippen molar-refractivity contribution in [2.75, 3.05) is 7.11 Å². The second-order valence-electron chi connectivity index (χ2n) is 9.07. The van der Waals surface area contributed by atoms with Gasteiger partial charge in [-0.05, 0) is 59.0 Å². The first kappa shape index (κ1) is 22.9. The third kappa shape index (κ3) is 4.20. The molecule has 0 aromatic heterocycles. The molecule has 0 amide bonds. The number of carbonyl (C=O) groups is 2. The van der Waals surface area contributed by atoms with Crippen molar-refractivity contribution < 1.29 is 23.8 Å². The largest absolute Gasteiger partial charge is 0.493 e. The molecule has 3 aliphatic rings. The van der Waals surface area contributed by atoms with Crippen LogP contribution in [0.25, 0.3) is 0 Å². The van der Waals surface area contributed by atoms with Crippen molar-refractivity contribution in [3.05, 3.63) is 80.2 Å². The van der Waals surface area contributed by atoms with Gasteiger partial charge in [0.1, 0.15) is 18.1 Å². The van der Waals surface area contributed by atoms with Crippen molar-refractivity contribution in [2.45, 2.75) is 58.0 Å². The quantitative estimate of drug-likeness (QED) is 0.450. The first-order valence-electron chi connectivity index (χ1n) is 11.7. The molecule has 0 saturated carbocycles. The van der Waals surface area contributed by atoms with E-state index in [1.54, 1.807) is 7.11 Å². The predicted molar refractivity (Wildman–Crippen MR) is 132 cm³/mol. The number of allylic oxidation sites excluding steroid dienone is 4. The molecular weight excluding hydrogens is 496 g/mol. The van der Waals surface area contributed by atoms with Crippen LogP contribution < -0.4 is 9.47 Å². The van der Waals surface area contributed by atoms with E-state index < -0.39 is 5.92 Å². The van der Waals surface area contributed by atoms with Gasteiger partial charge in [-0.2, -0.15) is 0 Å². The Balaban J connectivity index is 1.55. The molecule has 0 N–H and O–H groups in total. The van der Waals surface area contributed by atoms with Crippen LogP contribution in [0.5, 0.6) is 11.5 Å². The SMILES string of the molecule is COc1cc(C2C3=C(CCCC3=O)OC3=C2C(=O)CCC3)cc(Br)c1OCc1ccc(C)cc1. The molecule has 6 heteroatoms. The number of ether oxygens (including phenoxy) is 3. The number of aryl methyl sites for hydroxylation is 1. The first-order chi connectivity index (χ1) is 16.5. The smallest absolute Gasteiger partial charge is 0.175 e. The van der Waals surface area contributed by atoms with E-state index in [-0.39, 0.29) is 11.6 Å². The van der Waals surface area contributed by atoms with Crippen LogP contribution in [-0.4, -0.2) is 18.7 Å². The molecule has 0 bridgehead atoms. The van der Waals surface area contributed by atoms with Gasteiger partial charge in [0, 0.05) is 42.7 Å². The van der Waals surface area contributed by atoms with Crippen LogP contribution in [0.4, 0.5) is 0 Å². The summed E-state index contributed by atoms with van der Waals surface area (Å²) in [6.45, 7) is 2.45. The van der Waals surface area contributed by atoms with E-state index in [9.17, 15) is 9.59 Å². The molecule has 34 heavy (non-hydrogen) atoms. The molecule has 0 atom stereocenters. The summed E-state index contributed by atoms with van der Waals surface area (Å²) in [5.74, 6) is 2.28. The maximum atomic E-state index is 13.0. The Morgan fingerprint density at radius 1 is 0.941 bits per heavy atom. The Morgan fingerprint density at radius 3 is 2.15 bits per heavy atom. The number of ketones is 2. The zero-order valence-electron chi connectivity index (χ0n) is 19.4. The van der Waals surface area contributed by atoms with E-state index in [0.717, 1.165) is 52.8 Å². The van der Waals surface area contributed by atoms with Crippen LogP contribution in [0.2, 0.25) is 0 Å². The summed E-state index contributed by atoms with van der Waals surface area (Å²) in [5.41, 5.74) is 4.34. The summed E-state index contributed by atoms with van der Waals surface area (Å²) in [6.07, 6.45) is 3.95. The number of halogens is 1. The molecule has 176 valence electrons. The highest BCUT2D eigenvalue weighted by Crippen LogP contribution is 2.50. The minimum atomic E-state index is -0.435. The third-order valence-corrected chi connectivity index (χ3v) is 7.32. The van der Waals surface area contributed by atoms with Gasteiger partial charge < -0.3 is 14.2 Å². The Morgan fingerprint density at radius 2 is 1.56 bits per heavy atom. The molecular formula is C28H27BrO5.